The van der Waals surface area contributed by atoms with Crippen LogP contribution in [0.5, 0.6) is 0 Å². The van der Waals surface area contributed by atoms with Crippen molar-refractivity contribution >= 4 is 72.5 Å². The van der Waals surface area contributed by atoms with Crippen molar-refractivity contribution < 1.29 is 37.3 Å². The molecule has 0 aromatic carbocycles. The number of rotatable bonds is 29. The van der Waals surface area contributed by atoms with E-state index in [1.54, 1.807) is 14.2 Å². The quantitative estimate of drug-likeness (QED) is 0.0551. The largest absolute Gasteiger partial charge is 0.418 e. The molecule has 0 aliphatic carbocycles. The Morgan fingerprint density at radius 1 is 0.231 bits per heavy atom. The van der Waals surface area contributed by atoms with Crippen LogP contribution in [0.1, 0.15) is 0 Å². The van der Waals surface area contributed by atoms with Crippen LogP contribution in [0.25, 0.3) is 0 Å². The zero-order chi connectivity index (χ0) is 41.1. The molecule has 0 aromatic heterocycles. The predicted molar refractivity (Wildman–Crippen MR) is 254 cm³/mol. The van der Waals surface area contributed by atoms with Gasteiger partial charge in [0.25, 0.3) is 0 Å². The van der Waals surface area contributed by atoms with Crippen LogP contribution < -0.4 is 0 Å². The lowest BCUT2D eigenvalue weighted by Crippen LogP contribution is -2.95. The summed E-state index contributed by atoms with van der Waals surface area (Å²) in [5.41, 5.74) is 0. The summed E-state index contributed by atoms with van der Waals surface area (Å²) in [5.74, 6) is 0. The van der Waals surface area contributed by atoms with Gasteiger partial charge in [0, 0.05) is 56.9 Å². The second kappa shape index (κ2) is 21.2. The molecule has 8 nitrogen and oxygen atoms in total. The van der Waals surface area contributed by atoms with Crippen LogP contribution in [0.2, 0.25) is 131 Å². The van der Waals surface area contributed by atoms with Gasteiger partial charge in [-0.25, -0.2) is 0 Å². The molecule has 0 heterocycles. The highest BCUT2D eigenvalue weighted by Gasteiger charge is 2.72. The van der Waals surface area contributed by atoms with Crippen molar-refractivity contribution in [3.8, 4) is 0 Å². The minimum atomic E-state index is -1.93. The highest BCUT2D eigenvalue weighted by atomic mass is 30.1. The molecule has 0 atom stereocenters. The van der Waals surface area contributed by atoms with E-state index in [2.05, 4.69) is 131 Å². The van der Waals surface area contributed by atoms with Crippen LogP contribution in [-0.4, -0.2) is 166 Å². The molecule has 0 fully saturated rings. The van der Waals surface area contributed by atoms with Crippen molar-refractivity contribution in [3.63, 3.8) is 0 Å². The van der Waals surface area contributed by atoms with Gasteiger partial charge in [-0.05, 0) is 26.2 Å². The first-order chi connectivity index (χ1) is 23.4. The van der Waals surface area contributed by atoms with E-state index in [1.165, 1.54) is 0 Å². The average Bonchev–Trinajstić information content (AvgIpc) is 3.02. The number of ether oxygens (including phenoxy) is 6. The molecule has 18 heteroatoms. The van der Waals surface area contributed by atoms with Gasteiger partial charge in [-0.15, -0.1) is 0 Å². The zero-order valence-corrected chi connectivity index (χ0v) is 48.8. The van der Waals surface area contributed by atoms with Crippen LogP contribution in [0.15, 0.2) is 0 Å². The second-order valence-corrected chi connectivity index (χ2v) is 132. The summed E-state index contributed by atoms with van der Waals surface area (Å²) in [5, 5.41) is 0. The van der Waals surface area contributed by atoms with Crippen molar-refractivity contribution in [1.82, 2.24) is 0 Å². The van der Waals surface area contributed by atoms with Crippen LogP contribution in [0, 0.1) is 0 Å². The first-order valence-corrected chi connectivity index (χ1v) is 58.8. The first-order valence-electron chi connectivity index (χ1n) is 19.9. The summed E-state index contributed by atoms with van der Waals surface area (Å²) in [4.78, 5) is 0. The van der Waals surface area contributed by atoms with Crippen LogP contribution in [0.4, 0.5) is 0 Å². The Balaban J connectivity index is 6.07. The van der Waals surface area contributed by atoms with Gasteiger partial charge in [-0.1, -0.05) is 105 Å². The smallest absolute Gasteiger partial charge is 0.171 e. The highest BCUT2D eigenvalue weighted by Crippen LogP contribution is 2.48. The third-order valence-electron chi connectivity index (χ3n) is 16.9. The predicted octanol–water partition coefficient (Wildman–Crippen LogP) is 8.16. The van der Waals surface area contributed by atoms with E-state index >= 15 is 0 Å². The molecule has 0 spiro atoms. The van der Waals surface area contributed by atoms with Gasteiger partial charge in [0.1, 0.15) is 0 Å². The average molecular weight is 908 g/mol. The maximum absolute atomic E-state index is 6.99. The molecule has 0 aromatic rings. The maximum Gasteiger partial charge on any atom is 0.171 e. The molecule has 0 aliphatic rings. The molecule has 0 N–H and O–H groups in total. The molecule has 0 rings (SSSR count). The normalized spacial score (nSPS) is 15.1. The first kappa shape index (κ1) is 53.8. The summed E-state index contributed by atoms with van der Waals surface area (Å²) < 4.78 is 47.1. The van der Waals surface area contributed by atoms with Crippen molar-refractivity contribution in [3.05, 3.63) is 0 Å². The standard InChI is InChI=1S/C34H90O8Si10/c1-35-23-25-37-27-29-39-31-33-41-43(3,4)45(7,8)47(11,12)49(15,16)51(19,20)52(21,22)50(17,18)48(13,14)46(9,10)44(5,6)42-34-32-40-30-28-38-26-24-36-2/h23-34H2,1-22H3. The summed E-state index contributed by atoms with van der Waals surface area (Å²) in [6.45, 7) is 63.6. The van der Waals surface area contributed by atoms with Crippen molar-refractivity contribution in [2.24, 2.45) is 0 Å². The van der Waals surface area contributed by atoms with Crippen LogP contribution in [-0.2, 0) is 37.3 Å². The van der Waals surface area contributed by atoms with E-state index in [-0.39, 0.29) is 0 Å². The molecule has 0 aliphatic heterocycles. The van der Waals surface area contributed by atoms with Gasteiger partial charge in [0.05, 0.1) is 93.5 Å². The van der Waals surface area contributed by atoms with Gasteiger partial charge in [0.2, 0.25) is 0 Å². The fourth-order valence-electron chi connectivity index (χ4n) is 8.19. The molecule has 0 amide bonds. The lowest BCUT2D eigenvalue weighted by Gasteiger charge is -2.67. The van der Waals surface area contributed by atoms with Gasteiger partial charge in [0.15, 0.2) is 15.7 Å². The SMILES string of the molecule is COCCOCCOCCO[Si](C)(C)[Si](C)(C)[Si](C)(C)[Si](C)(C)[Si](C)(C)[Si](C)(C)[Si](C)(C)[Si](C)(C)[Si](C)(C)[Si](C)(C)OCCOCCOCCOC. The molecule has 52 heavy (non-hydrogen) atoms. The Kier molecular flexibility index (Phi) is 22.0. The summed E-state index contributed by atoms with van der Waals surface area (Å²) >= 11 is 0. The fourth-order valence-corrected chi connectivity index (χ4v) is 313. The third-order valence-corrected chi connectivity index (χ3v) is 237. The maximum atomic E-state index is 6.99. The topological polar surface area (TPSA) is 73.8 Å². The molecule has 314 valence electrons. The Bertz CT molecular complexity index is 958. The van der Waals surface area contributed by atoms with Gasteiger partial charge in [-0.3, -0.25) is 0 Å². The Morgan fingerprint density at radius 2 is 0.404 bits per heavy atom. The van der Waals surface area contributed by atoms with E-state index in [9.17, 15) is 0 Å². The Labute approximate surface area is 332 Å². The van der Waals surface area contributed by atoms with E-state index < -0.39 is 72.5 Å². The molecule has 0 radical (unpaired) electrons. The monoisotopic (exact) mass is 906 g/mol. The lowest BCUT2D eigenvalue weighted by atomic mass is 10.7. The fraction of sp³-hybridized carbons (Fsp3) is 1.00. The minimum Gasteiger partial charge on any atom is -0.418 e. The van der Waals surface area contributed by atoms with E-state index in [1.807, 2.05) is 0 Å². The van der Waals surface area contributed by atoms with Gasteiger partial charge in [-0.2, -0.15) is 0 Å². The van der Waals surface area contributed by atoms with E-state index in [0.29, 0.717) is 79.3 Å². The van der Waals surface area contributed by atoms with Crippen LogP contribution in [0.3, 0.4) is 0 Å². The van der Waals surface area contributed by atoms with Crippen molar-refractivity contribution in [2.75, 3.05) is 93.5 Å². The number of hydrogen-bond acceptors (Lipinski definition) is 8. The third kappa shape index (κ3) is 11.7. The minimum absolute atomic E-state index is 0.608. The highest BCUT2D eigenvalue weighted by molar-refractivity contribution is 8.06. The molecular weight excluding hydrogens is 817 g/mol. The van der Waals surface area contributed by atoms with E-state index in [4.69, 9.17) is 37.3 Å². The summed E-state index contributed by atoms with van der Waals surface area (Å²) in [6, 6.07) is 0. The van der Waals surface area contributed by atoms with Gasteiger partial charge < -0.3 is 37.3 Å². The molecule has 0 saturated heterocycles. The molecular formula is C34H90O8Si10. The lowest BCUT2D eigenvalue weighted by molar-refractivity contribution is 0.0176. The van der Waals surface area contributed by atoms with Crippen molar-refractivity contribution in [1.29, 1.82) is 0 Å². The Morgan fingerprint density at radius 3 is 0.615 bits per heavy atom. The number of hydrogen-bond donors (Lipinski definition) is 0. The number of methoxy groups -OCH3 is 2. The second-order valence-electron chi connectivity index (χ2n) is 20.2. The van der Waals surface area contributed by atoms with Crippen LogP contribution >= 0.6 is 0 Å². The molecule has 0 saturated carbocycles. The molecule has 0 unspecified atom stereocenters. The van der Waals surface area contributed by atoms with E-state index in [0.717, 1.165) is 0 Å². The summed E-state index contributed by atoms with van der Waals surface area (Å²) in [7, 11) is -13.7. The summed E-state index contributed by atoms with van der Waals surface area (Å²) in [6.07, 6.45) is 0. The Hall–Kier alpha value is 1.85. The van der Waals surface area contributed by atoms with Gasteiger partial charge >= 0.3 is 0 Å². The zero-order valence-electron chi connectivity index (χ0n) is 38.8. The van der Waals surface area contributed by atoms with Crippen molar-refractivity contribution in [2.45, 2.75) is 131 Å². The molecule has 0 bridgehead atoms.